The van der Waals surface area contributed by atoms with Crippen molar-refractivity contribution >= 4 is 110 Å². The maximum Gasteiger partial charge on any atom is 0.412 e. The van der Waals surface area contributed by atoms with Crippen LogP contribution in [0.25, 0.3) is 0 Å². The van der Waals surface area contributed by atoms with Crippen LogP contribution in [0.5, 0.6) is 23.0 Å². The van der Waals surface area contributed by atoms with Crippen molar-refractivity contribution in [2.75, 3.05) is 133 Å². The van der Waals surface area contributed by atoms with E-state index < -0.39 is 60.7 Å². The summed E-state index contributed by atoms with van der Waals surface area (Å²) in [6, 6.07) is 10.3. The number of ether oxygens (including phenoxy) is 7. The summed E-state index contributed by atoms with van der Waals surface area (Å²) in [5.74, 6) is 0.141. The van der Waals surface area contributed by atoms with E-state index in [9.17, 15) is 69.2 Å². The number of amides is 6. The molecule has 0 aromatic heterocycles. The second-order valence-electron chi connectivity index (χ2n) is 24.0. The molecule has 0 radical (unpaired) electrons. The summed E-state index contributed by atoms with van der Waals surface area (Å²) in [6.07, 6.45) is -1.30. The summed E-state index contributed by atoms with van der Waals surface area (Å²) >= 11 is 5.56. The van der Waals surface area contributed by atoms with E-state index in [1.54, 1.807) is 68.4 Å². The van der Waals surface area contributed by atoms with E-state index in [0.717, 1.165) is 17.0 Å². The van der Waals surface area contributed by atoms with Gasteiger partial charge in [-0.15, -0.1) is 11.6 Å². The van der Waals surface area contributed by atoms with Gasteiger partial charge in [-0.1, -0.05) is 6.92 Å². The van der Waals surface area contributed by atoms with Crippen LogP contribution < -0.4 is 55.3 Å². The molecule has 0 fully saturated rings. The number of nitrogens with two attached hydrogens (primary N) is 1. The molecule has 5 N–H and O–H groups in total. The average Bonchev–Trinajstić information content (AvgIpc) is 0.837. The van der Waals surface area contributed by atoms with Crippen molar-refractivity contribution in [2.45, 2.75) is 112 Å². The van der Waals surface area contributed by atoms with Gasteiger partial charge in [0.2, 0.25) is 17.7 Å². The highest BCUT2D eigenvalue weighted by Crippen LogP contribution is 2.41. The number of carbonyl (C=O) groups excluding carboxylic acids is 6. The van der Waals surface area contributed by atoms with Crippen molar-refractivity contribution in [2.24, 2.45) is 0 Å². The maximum atomic E-state index is 12.4. The number of benzene rings is 4. The molecule has 96 heavy (non-hydrogen) atoms. The number of aryl methyl sites for hydroxylation is 1. The third kappa shape index (κ3) is 27.9. The molecule has 0 aliphatic heterocycles. The van der Waals surface area contributed by atoms with E-state index in [0.29, 0.717) is 36.6 Å². The number of nitrogen functional groups attached to an aromatic ring is 1. The molecule has 0 unspecified atom stereocenters. The van der Waals surface area contributed by atoms with Gasteiger partial charge in [-0.05, 0) is 103 Å². The first kappa shape index (κ1) is 83.9. The molecule has 34 nitrogen and oxygen atoms in total. The summed E-state index contributed by atoms with van der Waals surface area (Å²) in [5, 5.41) is 52.5. The number of rotatable bonds is 23. The minimum absolute atomic E-state index is 0.0232. The van der Waals surface area contributed by atoms with Crippen LogP contribution in [0.2, 0.25) is 0 Å². The number of nitro benzene ring substituents is 4. The first-order valence-corrected chi connectivity index (χ1v) is 29.7. The lowest BCUT2D eigenvalue weighted by Gasteiger charge is -2.22. The van der Waals surface area contributed by atoms with E-state index in [4.69, 9.17) is 50.5 Å². The Bertz CT molecular complexity index is 3420. The number of carbonyl (C=O) groups is 6. The predicted octanol–water partition coefficient (Wildman–Crippen LogP) is 11.0. The summed E-state index contributed by atoms with van der Waals surface area (Å²) in [5.41, 5.74) is 3.81. The molecule has 0 spiro atoms. The fourth-order valence-corrected chi connectivity index (χ4v) is 8.00. The third-order valence-electron chi connectivity index (χ3n) is 12.5. The quantitative estimate of drug-likeness (QED) is 0.0176. The van der Waals surface area contributed by atoms with Gasteiger partial charge in [0.05, 0.1) is 70.9 Å². The van der Waals surface area contributed by atoms with E-state index in [1.807, 2.05) is 44.9 Å². The molecular weight excluding hydrogens is 1290 g/mol. The van der Waals surface area contributed by atoms with E-state index in [1.165, 1.54) is 89.7 Å². The molecule has 6 amide bonds. The van der Waals surface area contributed by atoms with Crippen LogP contribution in [0, 0.1) is 40.5 Å². The second-order valence-corrected chi connectivity index (χ2v) is 24.4. The summed E-state index contributed by atoms with van der Waals surface area (Å²) in [4.78, 5) is 122. The van der Waals surface area contributed by atoms with Gasteiger partial charge >= 0.3 is 18.3 Å². The molecule has 0 aliphatic rings. The third-order valence-corrected chi connectivity index (χ3v) is 12.6. The minimum atomic E-state index is -0.788. The number of methoxy groups -OCH3 is 4. The van der Waals surface area contributed by atoms with Gasteiger partial charge in [0, 0.05) is 107 Å². The molecule has 0 bridgehead atoms. The molecule has 0 heterocycles. The highest BCUT2D eigenvalue weighted by atomic mass is 35.5. The maximum absolute atomic E-state index is 12.4. The Hall–Kier alpha value is -10.1. The van der Waals surface area contributed by atoms with Crippen molar-refractivity contribution in [3.63, 3.8) is 0 Å². The normalized spacial score (nSPS) is 10.9. The largest absolute Gasteiger partial charge is 0.495 e. The number of hydrogen-bond acceptors (Lipinski definition) is 24. The number of nitrogens with one attached hydrogen (secondary N) is 3. The van der Waals surface area contributed by atoms with Gasteiger partial charge < -0.3 is 63.4 Å². The molecule has 35 heteroatoms. The number of nitro groups is 4. The van der Waals surface area contributed by atoms with E-state index in [-0.39, 0.29) is 111 Å². The Morgan fingerprint density at radius 3 is 0.979 bits per heavy atom. The topological polar surface area (TPSA) is 418 Å². The Labute approximate surface area is 562 Å². The lowest BCUT2D eigenvalue weighted by Crippen LogP contribution is -2.30. The number of alkyl halides is 1. The van der Waals surface area contributed by atoms with Crippen LogP contribution in [0.15, 0.2) is 48.5 Å². The summed E-state index contributed by atoms with van der Waals surface area (Å²) in [6.45, 7) is 18.2. The van der Waals surface area contributed by atoms with Crippen LogP contribution in [0.3, 0.4) is 0 Å². The standard InChI is InChI=1S/C18H28N4O6.C16H22ClN3O6.C14H20N2O5.C13H20N4O4/c1-18(2,3)28-17(24)19-12-10-14(22(25)26)13(11-15(12)27-7)21(6)16(23)8-9-20(4)5;1-16(2,3)26-15(22)18-10-8-12(20(23)24)11(9-13(10)25-5)19(4)14(21)6-7-17;1-6-9-7-12(20-5)10(8-11(9)16(18)19)15-13(17)21-14(2,3)4;1-15(2)6-5-13(18)16(3)10-8-12(21-4)9(14)7-11(10)17(19)20/h10-11H,8-9H2,1-7H3,(H,19,24);8-9H,6-7H2,1-5H3,(H,18,22);7-8H,6H2,1-5H3,(H,15,17);7-8H,5-6,14H2,1-4H3. The van der Waals surface area contributed by atoms with Crippen molar-refractivity contribution in [1.82, 2.24) is 9.80 Å². The van der Waals surface area contributed by atoms with Crippen molar-refractivity contribution in [3.05, 3.63) is 94.6 Å². The van der Waals surface area contributed by atoms with Gasteiger partial charge in [0.15, 0.2) is 0 Å². The first-order valence-electron chi connectivity index (χ1n) is 29.2. The number of anilines is 7. The molecule has 4 aromatic carbocycles. The molecular formula is C61H90ClN13O21. The zero-order valence-corrected chi connectivity index (χ0v) is 58.9. The molecule has 0 atom stereocenters. The zero-order chi connectivity index (χ0) is 74.1. The fraction of sp³-hybridized carbons (Fsp3) is 0.508. The second kappa shape index (κ2) is 37.7. The molecule has 0 saturated heterocycles. The molecule has 532 valence electrons. The van der Waals surface area contributed by atoms with Gasteiger partial charge in [0.25, 0.3) is 22.7 Å². The van der Waals surface area contributed by atoms with Crippen molar-refractivity contribution in [3.8, 4) is 23.0 Å². The fourth-order valence-electron chi connectivity index (χ4n) is 7.84. The summed E-state index contributed by atoms with van der Waals surface area (Å²) in [7, 11) is 17.3. The number of hydrogen-bond donors (Lipinski definition) is 4. The number of nitrogens with zero attached hydrogens (tertiary/aromatic N) is 9. The minimum Gasteiger partial charge on any atom is -0.495 e. The van der Waals surface area contributed by atoms with Crippen LogP contribution in [0.1, 0.15) is 94.1 Å². The number of halogens is 1. The van der Waals surface area contributed by atoms with Gasteiger partial charge in [-0.3, -0.25) is 70.8 Å². The van der Waals surface area contributed by atoms with Crippen LogP contribution in [-0.2, 0) is 35.0 Å². The molecule has 4 rings (SSSR count). The zero-order valence-electron chi connectivity index (χ0n) is 58.1. The molecule has 0 aliphatic carbocycles. The van der Waals surface area contributed by atoms with Crippen LogP contribution >= 0.6 is 11.6 Å². The van der Waals surface area contributed by atoms with Gasteiger partial charge in [-0.25, -0.2) is 14.4 Å². The van der Waals surface area contributed by atoms with E-state index >= 15 is 0 Å². The van der Waals surface area contributed by atoms with Gasteiger partial charge in [-0.2, -0.15) is 0 Å². The summed E-state index contributed by atoms with van der Waals surface area (Å²) < 4.78 is 36.1. The Kier molecular flexibility index (Phi) is 33.0. The molecule has 0 saturated carbocycles. The predicted molar refractivity (Wildman–Crippen MR) is 364 cm³/mol. The lowest BCUT2D eigenvalue weighted by atomic mass is 10.1. The highest BCUT2D eigenvalue weighted by molar-refractivity contribution is 6.19. The van der Waals surface area contributed by atoms with Crippen LogP contribution in [-0.4, -0.2) is 179 Å². The lowest BCUT2D eigenvalue weighted by molar-refractivity contribution is -0.385. The smallest absolute Gasteiger partial charge is 0.412 e. The highest BCUT2D eigenvalue weighted by Gasteiger charge is 2.30. The molecule has 4 aromatic rings. The van der Waals surface area contributed by atoms with Gasteiger partial charge in [0.1, 0.15) is 56.9 Å². The van der Waals surface area contributed by atoms with Crippen molar-refractivity contribution < 1.29 is 81.6 Å². The van der Waals surface area contributed by atoms with Crippen molar-refractivity contribution in [1.29, 1.82) is 0 Å². The Morgan fingerprint density at radius 1 is 0.448 bits per heavy atom. The Balaban J connectivity index is 0.000000645. The SMILES string of the molecule is CCc1cc(OC)c(NC(=O)OC(C)(C)C)cc1[N+](=O)[O-].COc1cc(N(C)C(=O)CCCl)c([N+](=O)[O-])cc1NC(=O)OC(C)(C)C.COc1cc(N(C)C(=O)CCN(C)C)c([N+](=O)[O-])cc1N.COc1cc(N(C)C(=O)CCN(C)C)c([N+](=O)[O-])cc1NC(=O)OC(C)(C)C. The van der Waals surface area contributed by atoms with E-state index in [2.05, 4.69) is 16.0 Å². The van der Waals surface area contributed by atoms with Crippen LogP contribution in [0.4, 0.5) is 76.9 Å². The monoisotopic (exact) mass is 1380 g/mol. The first-order chi connectivity index (χ1) is 44.3. The average molecular weight is 1380 g/mol. The Morgan fingerprint density at radius 2 is 0.719 bits per heavy atom.